The first-order valence-corrected chi connectivity index (χ1v) is 10.2. The van der Waals surface area contributed by atoms with Crippen molar-refractivity contribution in [2.75, 3.05) is 46.2 Å². The summed E-state index contributed by atoms with van der Waals surface area (Å²) < 4.78 is 0.550. The van der Waals surface area contributed by atoms with E-state index in [9.17, 15) is 14.7 Å². The number of carboxylic acids is 1. The third-order valence-corrected chi connectivity index (χ3v) is 4.76. The zero-order valence-electron chi connectivity index (χ0n) is 18.2. The lowest BCUT2D eigenvalue weighted by Gasteiger charge is -2.26. The van der Waals surface area contributed by atoms with Crippen molar-refractivity contribution in [3.05, 3.63) is 64.7 Å². The highest BCUT2D eigenvalue weighted by molar-refractivity contribution is 6.32. The number of amides is 1. The lowest BCUT2D eigenvalue weighted by molar-refractivity contribution is -0.873. The van der Waals surface area contributed by atoms with Crippen LogP contribution in [0.5, 0.6) is 0 Å². The first-order valence-electron chi connectivity index (χ1n) is 9.82. The van der Waals surface area contributed by atoms with Crippen molar-refractivity contribution in [3.63, 3.8) is 0 Å². The Bertz CT molecular complexity index is 955. The largest absolute Gasteiger partial charge is 0.550 e. The number of benzodiazepines with no additional fused rings is 1. The predicted molar refractivity (Wildman–Crippen MR) is 120 cm³/mol. The molecule has 2 aromatic carbocycles. The Hall–Kier alpha value is -2.74. The van der Waals surface area contributed by atoms with Gasteiger partial charge in [0.25, 0.3) is 0 Å². The summed E-state index contributed by atoms with van der Waals surface area (Å²) in [5.41, 5.74) is 3.51. The van der Waals surface area contributed by atoms with Crippen molar-refractivity contribution < 1.29 is 24.3 Å². The second kappa shape index (κ2) is 10.5. The Morgan fingerprint density at radius 1 is 1.23 bits per heavy atom. The van der Waals surface area contributed by atoms with Crippen LogP contribution in [-0.2, 0) is 9.59 Å². The van der Waals surface area contributed by atoms with E-state index in [1.165, 1.54) is 0 Å². The molecule has 1 heterocycles. The Labute approximate surface area is 187 Å². The maximum absolute atomic E-state index is 12.0. The quantitative estimate of drug-likeness (QED) is 0.703. The Balaban J connectivity index is 0.000000267. The van der Waals surface area contributed by atoms with Crippen LogP contribution in [0, 0.1) is 0 Å². The van der Waals surface area contributed by atoms with Gasteiger partial charge in [-0.05, 0) is 18.2 Å². The maximum Gasteiger partial charge on any atom is 0.248 e. The minimum absolute atomic E-state index is 0.0282. The number of hydrogen-bond acceptors (Lipinski definition) is 5. The van der Waals surface area contributed by atoms with Crippen molar-refractivity contribution >= 4 is 34.9 Å². The number of aliphatic imine (C=N–C) groups is 1. The van der Waals surface area contributed by atoms with E-state index in [1.807, 2.05) is 63.6 Å². The molecule has 1 atom stereocenters. The van der Waals surface area contributed by atoms with Crippen LogP contribution in [0.25, 0.3) is 0 Å². The van der Waals surface area contributed by atoms with Crippen molar-refractivity contribution in [2.45, 2.75) is 12.5 Å². The standard InChI is InChI=1S/C16H13ClN2O.C7H15NO3/c1-19-14-8-7-12(17)9-13(14)16(18-10-15(19)20)11-5-3-2-4-6-11;1-8(2,3)5-6(9)4-7(10)11/h2-9H,10H2,1H3;6,9H,4-5H2,1-3H3/t;6-/m.1/s1. The molecule has 0 aromatic heterocycles. The minimum atomic E-state index is -1.20. The molecule has 2 aromatic rings. The van der Waals surface area contributed by atoms with Crippen LogP contribution in [0.1, 0.15) is 17.5 Å². The van der Waals surface area contributed by atoms with Gasteiger partial charge in [-0.3, -0.25) is 9.79 Å². The average molecular weight is 446 g/mol. The highest BCUT2D eigenvalue weighted by Crippen LogP contribution is 2.28. The van der Waals surface area contributed by atoms with Gasteiger partial charge in [0.05, 0.1) is 32.5 Å². The van der Waals surface area contributed by atoms with Gasteiger partial charge in [-0.1, -0.05) is 41.9 Å². The van der Waals surface area contributed by atoms with Crippen LogP contribution >= 0.6 is 11.6 Å². The van der Waals surface area contributed by atoms with Gasteiger partial charge in [0.15, 0.2) is 0 Å². The van der Waals surface area contributed by atoms with Gasteiger partial charge in [0.2, 0.25) is 5.91 Å². The van der Waals surface area contributed by atoms with Crippen molar-refractivity contribution in [1.82, 2.24) is 0 Å². The lowest BCUT2D eigenvalue weighted by Crippen LogP contribution is -2.43. The fourth-order valence-corrected chi connectivity index (χ4v) is 3.37. The van der Waals surface area contributed by atoms with Gasteiger partial charge >= 0.3 is 0 Å². The van der Waals surface area contributed by atoms with E-state index in [1.54, 1.807) is 18.0 Å². The molecular formula is C23H28ClN3O4. The van der Waals surface area contributed by atoms with Crippen molar-refractivity contribution in [2.24, 2.45) is 4.99 Å². The van der Waals surface area contributed by atoms with Gasteiger partial charge in [-0.15, -0.1) is 0 Å². The number of likely N-dealkylation sites (N-methyl/N-ethyl adjacent to an activating group) is 2. The molecule has 1 N–H and O–H groups in total. The van der Waals surface area contributed by atoms with E-state index in [0.29, 0.717) is 16.1 Å². The number of aliphatic hydroxyl groups is 1. The summed E-state index contributed by atoms with van der Waals surface area (Å²) in [4.78, 5) is 28.1. The molecule has 0 radical (unpaired) electrons. The number of benzene rings is 2. The number of anilines is 1. The Morgan fingerprint density at radius 2 is 1.87 bits per heavy atom. The van der Waals surface area contributed by atoms with Crippen LogP contribution in [0.4, 0.5) is 5.69 Å². The third-order valence-electron chi connectivity index (χ3n) is 4.53. The van der Waals surface area contributed by atoms with E-state index in [-0.39, 0.29) is 18.9 Å². The van der Waals surface area contributed by atoms with Crippen LogP contribution in [0.2, 0.25) is 5.02 Å². The van der Waals surface area contributed by atoms with Crippen molar-refractivity contribution in [1.29, 1.82) is 0 Å². The van der Waals surface area contributed by atoms with E-state index >= 15 is 0 Å². The molecule has 0 fully saturated rings. The number of rotatable bonds is 5. The topological polar surface area (TPSA) is 93.0 Å². The second-order valence-corrected chi connectivity index (χ2v) is 8.78. The summed E-state index contributed by atoms with van der Waals surface area (Å²) in [5, 5.41) is 19.8. The molecule has 166 valence electrons. The highest BCUT2D eigenvalue weighted by Gasteiger charge is 2.22. The highest BCUT2D eigenvalue weighted by atomic mass is 35.5. The molecule has 0 spiro atoms. The summed E-state index contributed by atoms with van der Waals surface area (Å²) >= 11 is 6.11. The van der Waals surface area contributed by atoms with Crippen LogP contribution in [0.3, 0.4) is 0 Å². The molecule has 1 amide bonds. The molecule has 0 unspecified atom stereocenters. The van der Waals surface area contributed by atoms with Gasteiger partial charge in [0.1, 0.15) is 19.2 Å². The monoisotopic (exact) mass is 445 g/mol. The summed E-state index contributed by atoms with van der Waals surface area (Å²) in [5.74, 6) is -1.23. The normalized spacial score (nSPS) is 14.6. The van der Waals surface area contributed by atoms with E-state index in [4.69, 9.17) is 16.7 Å². The zero-order valence-corrected chi connectivity index (χ0v) is 19.0. The summed E-state index contributed by atoms with van der Waals surface area (Å²) in [6, 6.07) is 15.3. The fraction of sp³-hybridized carbons (Fsp3) is 0.348. The van der Waals surface area contributed by atoms with Crippen molar-refractivity contribution in [3.8, 4) is 0 Å². The number of carbonyl (C=O) groups is 2. The molecule has 8 heteroatoms. The lowest BCUT2D eigenvalue weighted by atomic mass is 10.0. The van der Waals surface area contributed by atoms with Crippen LogP contribution in [-0.4, -0.2) is 74.6 Å². The van der Waals surface area contributed by atoms with Gasteiger partial charge < -0.3 is 24.4 Å². The molecule has 0 bridgehead atoms. The molecule has 3 rings (SSSR count). The Morgan fingerprint density at radius 3 is 2.45 bits per heavy atom. The van der Waals surface area contributed by atoms with Gasteiger partial charge in [0, 0.05) is 35.6 Å². The summed E-state index contributed by atoms with van der Waals surface area (Å²) in [6.45, 7) is 0.570. The summed E-state index contributed by atoms with van der Waals surface area (Å²) in [6.07, 6.45) is -1.09. The SMILES string of the molecule is CN1C(=O)CN=C(c2ccccc2)c2cc(Cl)ccc21.C[N+](C)(C)C[C@H](O)CC(=O)[O-]. The number of aliphatic carboxylic acids is 1. The minimum Gasteiger partial charge on any atom is -0.550 e. The molecule has 0 saturated carbocycles. The van der Waals surface area contributed by atoms with Gasteiger partial charge in [-0.2, -0.15) is 0 Å². The number of aliphatic hydroxyl groups excluding tert-OH is 1. The maximum atomic E-state index is 12.0. The molecule has 0 saturated heterocycles. The smallest absolute Gasteiger partial charge is 0.248 e. The molecule has 31 heavy (non-hydrogen) atoms. The molecule has 1 aliphatic rings. The van der Waals surface area contributed by atoms with E-state index < -0.39 is 12.1 Å². The van der Waals surface area contributed by atoms with E-state index in [2.05, 4.69) is 4.99 Å². The molecule has 0 aliphatic carbocycles. The number of carbonyl (C=O) groups excluding carboxylic acids is 2. The average Bonchev–Trinajstić information content (AvgIpc) is 2.78. The number of quaternary nitrogens is 1. The first kappa shape index (κ1) is 24.5. The number of halogens is 1. The molecule has 7 nitrogen and oxygen atoms in total. The zero-order chi connectivity index (χ0) is 23.2. The number of nitrogens with zero attached hydrogens (tertiary/aromatic N) is 3. The summed E-state index contributed by atoms with van der Waals surface area (Å²) in [7, 11) is 7.42. The first-order chi connectivity index (χ1) is 14.5. The second-order valence-electron chi connectivity index (χ2n) is 8.35. The number of fused-ring (bicyclic) bond motifs is 1. The number of carboxylic acid groups (broad SMARTS) is 1. The number of hydrogen-bond donors (Lipinski definition) is 1. The fourth-order valence-electron chi connectivity index (χ4n) is 3.19. The van der Waals surface area contributed by atoms with E-state index in [0.717, 1.165) is 22.5 Å². The third kappa shape index (κ3) is 7.47. The van der Waals surface area contributed by atoms with Gasteiger partial charge in [-0.25, -0.2) is 0 Å². The van der Waals surface area contributed by atoms with Crippen LogP contribution < -0.4 is 10.0 Å². The predicted octanol–water partition coefficient (Wildman–Crippen LogP) is 1.35. The molecular weight excluding hydrogens is 418 g/mol. The molecule has 1 aliphatic heterocycles. The Kier molecular flexibility index (Phi) is 8.33. The van der Waals surface area contributed by atoms with Crippen LogP contribution in [0.15, 0.2) is 53.5 Å².